The van der Waals surface area contributed by atoms with E-state index in [2.05, 4.69) is 40.6 Å². The number of rotatable bonds is 4. The summed E-state index contributed by atoms with van der Waals surface area (Å²) in [5, 5.41) is 10.6. The van der Waals surface area contributed by atoms with E-state index in [1.165, 1.54) is 0 Å². The van der Waals surface area contributed by atoms with Crippen LogP contribution < -0.4 is 5.32 Å². The first-order valence-corrected chi connectivity index (χ1v) is 5.20. The van der Waals surface area contributed by atoms with Crippen LogP contribution in [0.5, 0.6) is 0 Å². The summed E-state index contributed by atoms with van der Waals surface area (Å²) in [5.74, 6) is 0. The molecule has 0 saturated heterocycles. The molecule has 0 unspecified atom stereocenters. The predicted molar refractivity (Wildman–Crippen MR) is 61.4 cm³/mol. The Morgan fingerprint density at radius 2 is 2.07 bits per heavy atom. The second-order valence-electron chi connectivity index (χ2n) is 3.42. The zero-order chi connectivity index (χ0) is 10.5. The number of aromatic amines is 1. The second-order valence-corrected chi connectivity index (χ2v) is 3.42. The van der Waals surface area contributed by atoms with E-state index in [-0.39, 0.29) is 0 Å². The topological polar surface area (TPSA) is 40.7 Å². The van der Waals surface area contributed by atoms with Gasteiger partial charge in [0.1, 0.15) is 0 Å². The monoisotopic (exact) mass is 201 g/mol. The Balaban J connectivity index is 2.14. The molecule has 2 rings (SSSR count). The van der Waals surface area contributed by atoms with Crippen molar-refractivity contribution in [2.75, 3.05) is 6.54 Å². The van der Waals surface area contributed by atoms with Crippen LogP contribution in [0.25, 0.3) is 11.3 Å². The molecule has 15 heavy (non-hydrogen) atoms. The van der Waals surface area contributed by atoms with Gasteiger partial charge in [0.25, 0.3) is 0 Å². The standard InChI is InChI=1S/C12H15N3/c1-2-13-9-11-8-12(15-14-11)10-6-4-3-5-7-10/h3-8,13H,2,9H2,1H3,(H,14,15). The van der Waals surface area contributed by atoms with Crippen molar-refractivity contribution in [1.82, 2.24) is 15.5 Å². The van der Waals surface area contributed by atoms with Crippen LogP contribution in [-0.4, -0.2) is 16.7 Å². The van der Waals surface area contributed by atoms with Gasteiger partial charge in [-0.05, 0) is 12.6 Å². The molecule has 1 aromatic heterocycles. The van der Waals surface area contributed by atoms with E-state index in [9.17, 15) is 0 Å². The van der Waals surface area contributed by atoms with Gasteiger partial charge in [-0.3, -0.25) is 5.10 Å². The fourth-order valence-electron chi connectivity index (χ4n) is 1.47. The molecule has 0 aliphatic carbocycles. The third-order valence-electron chi connectivity index (χ3n) is 2.27. The number of hydrogen-bond acceptors (Lipinski definition) is 2. The minimum absolute atomic E-state index is 0.844. The van der Waals surface area contributed by atoms with Crippen LogP contribution >= 0.6 is 0 Å². The van der Waals surface area contributed by atoms with Crippen LogP contribution in [0.3, 0.4) is 0 Å². The van der Waals surface area contributed by atoms with Gasteiger partial charge in [0, 0.05) is 17.8 Å². The Morgan fingerprint density at radius 1 is 1.27 bits per heavy atom. The molecule has 0 amide bonds. The van der Waals surface area contributed by atoms with Gasteiger partial charge in [-0.15, -0.1) is 0 Å². The molecule has 3 heteroatoms. The van der Waals surface area contributed by atoms with Crippen LogP contribution in [0, 0.1) is 0 Å². The van der Waals surface area contributed by atoms with Crippen LogP contribution in [-0.2, 0) is 6.54 Å². The molecule has 0 fully saturated rings. The number of aromatic nitrogens is 2. The van der Waals surface area contributed by atoms with Crippen LogP contribution in [0.1, 0.15) is 12.6 Å². The first kappa shape index (κ1) is 9.93. The normalized spacial score (nSPS) is 10.5. The van der Waals surface area contributed by atoms with Crippen molar-refractivity contribution in [3.05, 3.63) is 42.1 Å². The lowest BCUT2D eigenvalue weighted by molar-refractivity contribution is 0.707. The Kier molecular flexibility index (Phi) is 3.15. The van der Waals surface area contributed by atoms with E-state index >= 15 is 0 Å². The minimum Gasteiger partial charge on any atom is -0.311 e. The Hall–Kier alpha value is -1.61. The summed E-state index contributed by atoms with van der Waals surface area (Å²) in [7, 11) is 0. The number of H-pyrrole nitrogens is 1. The maximum atomic E-state index is 4.27. The first-order valence-electron chi connectivity index (χ1n) is 5.20. The third-order valence-corrected chi connectivity index (χ3v) is 2.27. The van der Waals surface area contributed by atoms with Crippen molar-refractivity contribution in [2.24, 2.45) is 0 Å². The smallest absolute Gasteiger partial charge is 0.0924 e. The average molecular weight is 201 g/mol. The lowest BCUT2D eigenvalue weighted by Crippen LogP contribution is -2.11. The van der Waals surface area contributed by atoms with Gasteiger partial charge in [0.05, 0.1) is 5.69 Å². The summed E-state index contributed by atoms with van der Waals surface area (Å²) >= 11 is 0. The highest BCUT2D eigenvalue weighted by atomic mass is 15.1. The van der Waals surface area contributed by atoms with Crippen molar-refractivity contribution < 1.29 is 0 Å². The van der Waals surface area contributed by atoms with E-state index in [1.807, 2.05) is 18.2 Å². The zero-order valence-electron chi connectivity index (χ0n) is 8.83. The quantitative estimate of drug-likeness (QED) is 0.796. The first-order chi connectivity index (χ1) is 7.40. The van der Waals surface area contributed by atoms with Gasteiger partial charge in [-0.25, -0.2) is 0 Å². The van der Waals surface area contributed by atoms with E-state index < -0.39 is 0 Å². The van der Waals surface area contributed by atoms with Crippen molar-refractivity contribution in [3.8, 4) is 11.3 Å². The molecule has 0 atom stereocenters. The molecule has 0 radical (unpaired) electrons. The van der Waals surface area contributed by atoms with Crippen LogP contribution in [0.15, 0.2) is 36.4 Å². The van der Waals surface area contributed by atoms with Gasteiger partial charge in [-0.2, -0.15) is 5.10 Å². The maximum Gasteiger partial charge on any atom is 0.0924 e. The van der Waals surface area contributed by atoms with E-state index in [1.54, 1.807) is 0 Å². The maximum absolute atomic E-state index is 4.27. The van der Waals surface area contributed by atoms with Gasteiger partial charge in [-0.1, -0.05) is 37.3 Å². The summed E-state index contributed by atoms with van der Waals surface area (Å²) in [6, 6.07) is 12.3. The number of nitrogens with zero attached hydrogens (tertiary/aromatic N) is 1. The minimum atomic E-state index is 0.844. The van der Waals surface area contributed by atoms with Gasteiger partial charge in [0.15, 0.2) is 0 Å². The number of nitrogens with one attached hydrogen (secondary N) is 2. The van der Waals surface area contributed by atoms with Gasteiger partial charge in [0.2, 0.25) is 0 Å². The van der Waals surface area contributed by atoms with Crippen molar-refractivity contribution in [2.45, 2.75) is 13.5 Å². The molecule has 3 nitrogen and oxygen atoms in total. The molecule has 78 valence electrons. The molecule has 2 aromatic rings. The summed E-state index contributed by atoms with van der Waals surface area (Å²) < 4.78 is 0. The lowest BCUT2D eigenvalue weighted by atomic mass is 10.1. The van der Waals surface area contributed by atoms with E-state index in [4.69, 9.17) is 0 Å². The molecule has 1 heterocycles. The Bertz CT molecular complexity index is 406. The Morgan fingerprint density at radius 3 is 2.80 bits per heavy atom. The average Bonchev–Trinajstić information content (AvgIpc) is 2.76. The SMILES string of the molecule is CCNCc1cc(-c2ccccc2)n[nH]1. The molecule has 1 aromatic carbocycles. The number of hydrogen-bond donors (Lipinski definition) is 2. The molecular weight excluding hydrogens is 186 g/mol. The molecule has 2 N–H and O–H groups in total. The van der Waals surface area contributed by atoms with Crippen LogP contribution in [0.4, 0.5) is 0 Å². The molecule has 0 bridgehead atoms. The highest BCUT2D eigenvalue weighted by molar-refractivity contribution is 5.58. The van der Waals surface area contributed by atoms with Crippen LogP contribution in [0.2, 0.25) is 0 Å². The number of benzene rings is 1. The second kappa shape index (κ2) is 4.75. The molecule has 0 aliphatic heterocycles. The fraction of sp³-hybridized carbons (Fsp3) is 0.250. The summed E-state index contributed by atoms with van der Waals surface area (Å²) in [6.45, 7) is 3.91. The molecule has 0 spiro atoms. The van der Waals surface area contributed by atoms with Crippen molar-refractivity contribution >= 4 is 0 Å². The largest absolute Gasteiger partial charge is 0.311 e. The van der Waals surface area contributed by atoms with Gasteiger partial charge >= 0.3 is 0 Å². The lowest BCUT2D eigenvalue weighted by Gasteiger charge is -1.95. The van der Waals surface area contributed by atoms with Crippen molar-refractivity contribution in [1.29, 1.82) is 0 Å². The zero-order valence-corrected chi connectivity index (χ0v) is 8.83. The molecular formula is C12H15N3. The van der Waals surface area contributed by atoms with E-state index in [0.29, 0.717) is 0 Å². The molecule has 0 aliphatic rings. The third kappa shape index (κ3) is 2.44. The van der Waals surface area contributed by atoms with Gasteiger partial charge < -0.3 is 5.32 Å². The highest BCUT2D eigenvalue weighted by Crippen LogP contribution is 2.16. The summed E-state index contributed by atoms with van der Waals surface area (Å²) in [6.07, 6.45) is 0. The predicted octanol–water partition coefficient (Wildman–Crippen LogP) is 2.19. The fourth-order valence-corrected chi connectivity index (χ4v) is 1.47. The summed E-state index contributed by atoms with van der Waals surface area (Å²) in [5.41, 5.74) is 3.27. The highest BCUT2D eigenvalue weighted by Gasteiger charge is 2.01. The summed E-state index contributed by atoms with van der Waals surface area (Å²) in [4.78, 5) is 0. The Labute approximate surface area is 89.5 Å². The molecule has 0 saturated carbocycles. The van der Waals surface area contributed by atoms with E-state index in [0.717, 1.165) is 30.0 Å². The van der Waals surface area contributed by atoms with Crippen molar-refractivity contribution in [3.63, 3.8) is 0 Å².